The van der Waals surface area contributed by atoms with Crippen LogP contribution in [-0.4, -0.2) is 75.5 Å². The van der Waals surface area contributed by atoms with Gasteiger partial charge in [0, 0.05) is 19.8 Å². The molecule has 39 heavy (non-hydrogen) atoms. The molecule has 0 rings (SSSR count). The molecule has 0 N–H and O–H groups in total. The van der Waals surface area contributed by atoms with Crippen LogP contribution in [-0.2, 0) is 28.6 Å². The summed E-state index contributed by atoms with van der Waals surface area (Å²) in [6.45, 7) is 3.64. The maximum Gasteiger partial charge on any atom is 0.306 e. The third kappa shape index (κ3) is 23.7. The van der Waals surface area contributed by atoms with Gasteiger partial charge in [-0.25, -0.2) is 0 Å². The zero-order valence-electron chi connectivity index (χ0n) is 25.5. The van der Waals surface area contributed by atoms with E-state index in [-0.39, 0.29) is 36.7 Å². The average molecular weight is 556 g/mol. The Labute approximate surface area is 238 Å². The van der Waals surface area contributed by atoms with Gasteiger partial charge in [0.2, 0.25) is 0 Å². The Morgan fingerprint density at radius 3 is 1.85 bits per heavy atom. The highest BCUT2D eigenvalue weighted by Gasteiger charge is 2.25. The van der Waals surface area contributed by atoms with E-state index >= 15 is 0 Å². The first-order valence-electron chi connectivity index (χ1n) is 15.2. The van der Waals surface area contributed by atoms with E-state index in [9.17, 15) is 19.5 Å². The number of ether oxygens (including phenoxy) is 3. The molecule has 0 saturated carbocycles. The summed E-state index contributed by atoms with van der Waals surface area (Å²) in [7, 11) is 5.34. The van der Waals surface area contributed by atoms with Crippen LogP contribution in [0.5, 0.6) is 0 Å². The molecule has 0 radical (unpaired) electrons. The molecular formula is C31H57NO7. The van der Waals surface area contributed by atoms with Gasteiger partial charge in [0.15, 0.2) is 6.10 Å². The first kappa shape index (κ1) is 37.1. The molecule has 8 nitrogen and oxygen atoms in total. The highest BCUT2D eigenvalue weighted by molar-refractivity contribution is 5.70. The number of hydrogen-bond acceptors (Lipinski definition) is 7. The molecule has 228 valence electrons. The Morgan fingerprint density at radius 2 is 1.33 bits per heavy atom. The van der Waals surface area contributed by atoms with Crippen LogP contribution < -0.4 is 5.11 Å². The Balaban J connectivity index is 4.00. The fourth-order valence-corrected chi connectivity index (χ4v) is 4.32. The number of carbonyl (C=O) groups is 3. The van der Waals surface area contributed by atoms with Gasteiger partial charge in [0.05, 0.1) is 40.3 Å². The molecule has 0 fully saturated rings. The zero-order chi connectivity index (χ0) is 29.4. The summed E-state index contributed by atoms with van der Waals surface area (Å²) < 4.78 is 16.2. The molecule has 0 saturated heterocycles. The number of carbonyl (C=O) groups excluding carboxylic acids is 3. The minimum absolute atomic E-state index is 0.0302. The van der Waals surface area contributed by atoms with E-state index in [1.165, 1.54) is 64.7 Å². The second-order valence-electron chi connectivity index (χ2n) is 11.4. The van der Waals surface area contributed by atoms with E-state index in [1.54, 1.807) is 21.1 Å². The maximum absolute atomic E-state index is 12.3. The summed E-state index contributed by atoms with van der Waals surface area (Å²) in [5.41, 5.74) is 0. The maximum atomic E-state index is 12.3. The predicted molar refractivity (Wildman–Crippen MR) is 153 cm³/mol. The SMILES string of the molecule is CCCCCCCCC/C=C\CCCCCCCC(=O)OC(COCCC(C(=O)[O-])[N+](C)(C)C)COC(C)=O. The van der Waals surface area contributed by atoms with Crippen molar-refractivity contribution in [3.05, 3.63) is 12.2 Å². The van der Waals surface area contributed by atoms with Crippen LogP contribution in [0.4, 0.5) is 0 Å². The molecule has 2 atom stereocenters. The summed E-state index contributed by atoms with van der Waals surface area (Å²) in [4.78, 5) is 34.9. The van der Waals surface area contributed by atoms with Crippen LogP contribution >= 0.6 is 0 Å². The topological polar surface area (TPSA) is 102 Å². The molecule has 0 aromatic heterocycles. The van der Waals surface area contributed by atoms with Crippen LogP contribution in [0, 0.1) is 0 Å². The summed E-state index contributed by atoms with van der Waals surface area (Å²) in [5, 5.41) is 11.4. The number of carboxylic acids is 1. The minimum Gasteiger partial charge on any atom is -0.544 e. The van der Waals surface area contributed by atoms with Gasteiger partial charge in [0.1, 0.15) is 12.6 Å². The second kappa shape index (κ2) is 23.9. The Morgan fingerprint density at radius 1 is 0.795 bits per heavy atom. The van der Waals surface area contributed by atoms with E-state index in [0.29, 0.717) is 6.42 Å². The van der Waals surface area contributed by atoms with Gasteiger partial charge in [-0.15, -0.1) is 0 Å². The third-order valence-corrected chi connectivity index (χ3v) is 6.71. The van der Waals surface area contributed by atoms with Gasteiger partial charge in [-0.2, -0.15) is 0 Å². The van der Waals surface area contributed by atoms with Crippen molar-refractivity contribution in [1.82, 2.24) is 0 Å². The smallest absolute Gasteiger partial charge is 0.306 e. The van der Waals surface area contributed by atoms with E-state index < -0.39 is 24.1 Å². The quantitative estimate of drug-likeness (QED) is 0.0632. The number of allylic oxidation sites excluding steroid dienone is 2. The molecule has 0 aromatic rings. The summed E-state index contributed by atoms with van der Waals surface area (Å²) in [5.74, 6) is -1.95. The number of nitrogens with zero attached hydrogens (tertiary/aromatic N) is 1. The van der Waals surface area contributed by atoms with E-state index in [0.717, 1.165) is 32.1 Å². The van der Waals surface area contributed by atoms with Crippen LogP contribution in [0.25, 0.3) is 0 Å². The molecule has 0 aliphatic heterocycles. The lowest BCUT2D eigenvalue weighted by Crippen LogP contribution is -2.55. The molecule has 0 aliphatic carbocycles. The van der Waals surface area contributed by atoms with Gasteiger partial charge in [-0.05, 0) is 32.1 Å². The Hall–Kier alpha value is -1.93. The second-order valence-corrected chi connectivity index (χ2v) is 11.4. The lowest BCUT2D eigenvalue weighted by Gasteiger charge is -2.34. The summed E-state index contributed by atoms with van der Waals surface area (Å²) in [6.07, 6.45) is 21.4. The number of hydrogen-bond donors (Lipinski definition) is 0. The normalized spacial score (nSPS) is 13.4. The highest BCUT2D eigenvalue weighted by atomic mass is 16.6. The van der Waals surface area contributed by atoms with Crippen LogP contribution in [0.3, 0.4) is 0 Å². The Bertz CT molecular complexity index is 672. The van der Waals surface area contributed by atoms with Crippen molar-refractivity contribution in [1.29, 1.82) is 0 Å². The Kier molecular flexibility index (Phi) is 22.7. The van der Waals surface area contributed by atoms with Gasteiger partial charge in [-0.3, -0.25) is 9.59 Å². The number of likely N-dealkylation sites (N-methyl/N-ethyl adjacent to an activating group) is 1. The number of carboxylic acid groups (broad SMARTS) is 1. The first-order valence-corrected chi connectivity index (χ1v) is 15.2. The fourth-order valence-electron chi connectivity index (χ4n) is 4.32. The van der Waals surface area contributed by atoms with Gasteiger partial charge in [0.25, 0.3) is 0 Å². The number of quaternary nitrogens is 1. The van der Waals surface area contributed by atoms with Gasteiger partial charge >= 0.3 is 11.9 Å². The monoisotopic (exact) mass is 555 g/mol. The van der Waals surface area contributed by atoms with E-state index in [2.05, 4.69) is 19.1 Å². The van der Waals surface area contributed by atoms with Crippen molar-refractivity contribution in [3.63, 3.8) is 0 Å². The van der Waals surface area contributed by atoms with Gasteiger partial charge < -0.3 is 28.6 Å². The van der Waals surface area contributed by atoms with Gasteiger partial charge in [-0.1, -0.05) is 76.9 Å². The zero-order valence-corrected chi connectivity index (χ0v) is 25.5. The third-order valence-electron chi connectivity index (χ3n) is 6.71. The molecule has 0 amide bonds. The largest absolute Gasteiger partial charge is 0.544 e. The molecule has 0 aliphatic rings. The number of esters is 2. The van der Waals surface area contributed by atoms with Crippen molar-refractivity contribution in [2.75, 3.05) is 41.0 Å². The average Bonchev–Trinajstić information content (AvgIpc) is 2.85. The predicted octanol–water partition coefficient (Wildman–Crippen LogP) is 5.12. The summed E-state index contributed by atoms with van der Waals surface area (Å²) >= 11 is 0. The lowest BCUT2D eigenvalue weighted by molar-refractivity contribution is -0.889. The molecular weight excluding hydrogens is 498 g/mol. The molecule has 2 unspecified atom stereocenters. The standard InChI is InChI=1S/C31H57NO7/c1-6-7-8-9-10-11-12-13-14-15-16-17-18-19-20-21-22-30(34)39-28(26-38-27(2)33)25-37-24-23-29(31(35)36)32(3,4)5/h14-15,28-29H,6-13,16-26H2,1-5H3/b15-14-. The lowest BCUT2D eigenvalue weighted by atomic mass is 10.1. The molecule has 8 heteroatoms. The van der Waals surface area contributed by atoms with Crippen molar-refractivity contribution in [2.45, 2.75) is 129 Å². The van der Waals surface area contributed by atoms with Crippen molar-refractivity contribution in [3.8, 4) is 0 Å². The van der Waals surface area contributed by atoms with E-state index in [1.807, 2.05) is 0 Å². The first-order chi connectivity index (χ1) is 18.6. The number of aliphatic carboxylic acids is 1. The molecule has 0 bridgehead atoms. The molecule has 0 heterocycles. The van der Waals surface area contributed by atoms with Crippen LogP contribution in [0.2, 0.25) is 0 Å². The van der Waals surface area contributed by atoms with Crippen molar-refractivity contribution >= 4 is 17.9 Å². The van der Waals surface area contributed by atoms with Crippen molar-refractivity contribution < 1.29 is 38.2 Å². The van der Waals surface area contributed by atoms with Crippen molar-refractivity contribution in [2.24, 2.45) is 0 Å². The fraction of sp³-hybridized carbons (Fsp3) is 0.839. The highest BCUT2D eigenvalue weighted by Crippen LogP contribution is 2.12. The molecule has 0 aromatic carbocycles. The van der Waals surface area contributed by atoms with E-state index in [4.69, 9.17) is 14.2 Å². The van der Waals surface area contributed by atoms with Crippen LogP contribution in [0.1, 0.15) is 117 Å². The molecule has 0 spiro atoms. The number of unbranched alkanes of at least 4 members (excludes halogenated alkanes) is 12. The number of rotatable bonds is 26. The van der Waals surface area contributed by atoms with Crippen LogP contribution in [0.15, 0.2) is 12.2 Å². The minimum atomic E-state index is -1.13. The summed E-state index contributed by atoms with van der Waals surface area (Å²) in [6, 6.07) is -0.717.